The zero-order chi connectivity index (χ0) is 11.6. The number of aromatic hydroxyl groups is 2. The molecule has 0 saturated carbocycles. The van der Waals surface area contributed by atoms with Crippen LogP contribution in [0.3, 0.4) is 0 Å². The van der Waals surface area contributed by atoms with Crippen LogP contribution in [0.15, 0.2) is 16.6 Å². The van der Waals surface area contributed by atoms with E-state index in [9.17, 15) is 9.90 Å². The van der Waals surface area contributed by atoms with Gasteiger partial charge < -0.3 is 21.1 Å². The predicted octanol–water partition coefficient (Wildman–Crippen LogP) is 0.815. The molecule has 0 aliphatic carbocycles. The van der Waals surface area contributed by atoms with E-state index >= 15 is 0 Å². The van der Waals surface area contributed by atoms with Gasteiger partial charge >= 0.3 is 5.97 Å². The summed E-state index contributed by atoms with van der Waals surface area (Å²) in [6.07, 6.45) is 0.0732. The van der Waals surface area contributed by atoms with Gasteiger partial charge in [0.05, 0.1) is 4.47 Å². The van der Waals surface area contributed by atoms with Gasteiger partial charge in [-0.2, -0.15) is 0 Å². The molecule has 0 aliphatic rings. The van der Waals surface area contributed by atoms with E-state index in [-0.39, 0.29) is 22.4 Å². The summed E-state index contributed by atoms with van der Waals surface area (Å²) in [7, 11) is 0. The van der Waals surface area contributed by atoms with Gasteiger partial charge in [0, 0.05) is 0 Å². The molecule has 1 atom stereocenters. The summed E-state index contributed by atoms with van der Waals surface area (Å²) in [5.41, 5.74) is 5.87. The number of carbonyl (C=O) groups is 1. The fourth-order valence-corrected chi connectivity index (χ4v) is 1.58. The lowest BCUT2D eigenvalue weighted by Gasteiger charge is -2.10. The molecule has 0 radical (unpaired) electrons. The summed E-state index contributed by atoms with van der Waals surface area (Å²) in [6, 6.07) is 1.75. The van der Waals surface area contributed by atoms with Crippen LogP contribution in [0.4, 0.5) is 0 Å². The number of carboxylic acid groups (broad SMARTS) is 1. The zero-order valence-corrected chi connectivity index (χ0v) is 9.23. The quantitative estimate of drug-likeness (QED) is 0.612. The first-order chi connectivity index (χ1) is 6.93. The van der Waals surface area contributed by atoms with Crippen LogP contribution in [-0.4, -0.2) is 27.3 Å². The number of hydrogen-bond donors (Lipinski definition) is 4. The molecule has 82 valence electrons. The lowest BCUT2D eigenvalue weighted by atomic mass is 10.1. The van der Waals surface area contributed by atoms with E-state index in [2.05, 4.69) is 15.9 Å². The van der Waals surface area contributed by atoms with Crippen molar-refractivity contribution in [3.8, 4) is 11.5 Å². The van der Waals surface area contributed by atoms with E-state index in [1.807, 2.05) is 0 Å². The lowest BCUT2D eigenvalue weighted by Crippen LogP contribution is -2.32. The highest BCUT2D eigenvalue weighted by molar-refractivity contribution is 9.10. The second kappa shape index (κ2) is 4.50. The first-order valence-electron chi connectivity index (χ1n) is 4.11. The minimum absolute atomic E-state index is 0.0732. The smallest absolute Gasteiger partial charge is 0.320 e. The number of rotatable bonds is 3. The Bertz CT molecular complexity index is 394. The Labute approximate surface area is 94.3 Å². The molecule has 0 heterocycles. The molecule has 0 bridgehead atoms. The highest BCUT2D eigenvalue weighted by Crippen LogP contribution is 2.36. The summed E-state index contributed by atoms with van der Waals surface area (Å²) < 4.78 is 0.263. The Kier molecular flexibility index (Phi) is 3.54. The molecule has 1 unspecified atom stereocenters. The summed E-state index contributed by atoms with van der Waals surface area (Å²) in [6.45, 7) is 0. The number of nitrogens with two attached hydrogens (primary N) is 1. The normalized spacial score (nSPS) is 12.4. The van der Waals surface area contributed by atoms with Crippen LogP contribution in [0.5, 0.6) is 11.5 Å². The maximum atomic E-state index is 10.5. The molecule has 1 aromatic rings. The number of benzene rings is 1. The fourth-order valence-electron chi connectivity index (χ4n) is 1.08. The van der Waals surface area contributed by atoms with Crippen molar-refractivity contribution in [2.75, 3.05) is 0 Å². The molecule has 15 heavy (non-hydrogen) atoms. The number of carboxylic acids is 1. The average Bonchev–Trinajstić information content (AvgIpc) is 2.18. The van der Waals surface area contributed by atoms with Crippen LogP contribution in [0.1, 0.15) is 5.56 Å². The number of halogens is 1. The zero-order valence-electron chi connectivity index (χ0n) is 7.64. The SMILES string of the molecule is NC(Cc1ccc(O)c(O)c1Br)C(=O)O. The standard InChI is InChI=1S/C9H10BrNO4/c10-7-4(3-5(11)9(14)15)1-2-6(12)8(7)13/h1-2,5,12-13H,3,11H2,(H,14,15). The largest absolute Gasteiger partial charge is 0.504 e. The average molecular weight is 276 g/mol. The van der Waals surface area contributed by atoms with Crippen molar-refractivity contribution in [1.29, 1.82) is 0 Å². The van der Waals surface area contributed by atoms with Gasteiger partial charge in [0.2, 0.25) is 0 Å². The van der Waals surface area contributed by atoms with E-state index in [0.717, 1.165) is 0 Å². The second-order valence-corrected chi connectivity index (χ2v) is 3.85. The van der Waals surface area contributed by atoms with E-state index < -0.39 is 12.0 Å². The number of aliphatic carboxylic acids is 1. The van der Waals surface area contributed by atoms with Gasteiger partial charge in [0.25, 0.3) is 0 Å². The van der Waals surface area contributed by atoms with E-state index in [1.165, 1.54) is 12.1 Å². The van der Waals surface area contributed by atoms with Gasteiger partial charge in [-0.25, -0.2) is 0 Å². The monoisotopic (exact) mass is 275 g/mol. The van der Waals surface area contributed by atoms with Crippen LogP contribution < -0.4 is 5.73 Å². The summed E-state index contributed by atoms with van der Waals surface area (Å²) in [5, 5.41) is 27.1. The highest BCUT2D eigenvalue weighted by atomic mass is 79.9. The third-order valence-corrected chi connectivity index (χ3v) is 2.82. The van der Waals surface area contributed by atoms with Crippen molar-refractivity contribution in [2.24, 2.45) is 5.73 Å². The predicted molar refractivity (Wildman–Crippen MR) is 56.8 cm³/mol. The van der Waals surface area contributed by atoms with Crippen molar-refractivity contribution >= 4 is 21.9 Å². The molecule has 0 fully saturated rings. The Hall–Kier alpha value is -1.27. The Morgan fingerprint density at radius 3 is 2.60 bits per heavy atom. The van der Waals surface area contributed by atoms with Crippen LogP contribution in [0.25, 0.3) is 0 Å². The van der Waals surface area contributed by atoms with Gasteiger partial charge in [-0.1, -0.05) is 6.07 Å². The Balaban J connectivity index is 2.97. The van der Waals surface area contributed by atoms with Crippen LogP contribution in [-0.2, 0) is 11.2 Å². The Morgan fingerprint density at radius 1 is 1.47 bits per heavy atom. The minimum Gasteiger partial charge on any atom is -0.504 e. The summed E-state index contributed by atoms with van der Waals surface area (Å²) >= 11 is 3.05. The molecule has 0 spiro atoms. The van der Waals surface area contributed by atoms with E-state index in [4.69, 9.17) is 15.9 Å². The van der Waals surface area contributed by atoms with Crippen molar-refractivity contribution < 1.29 is 20.1 Å². The Morgan fingerprint density at radius 2 is 2.07 bits per heavy atom. The maximum Gasteiger partial charge on any atom is 0.320 e. The lowest BCUT2D eigenvalue weighted by molar-refractivity contribution is -0.138. The van der Waals surface area contributed by atoms with E-state index in [1.54, 1.807) is 0 Å². The molecule has 0 aromatic heterocycles. The van der Waals surface area contributed by atoms with Gasteiger partial charge in [-0.05, 0) is 34.0 Å². The van der Waals surface area contributed by atoms with Gasteiger partial charge in [-0.3, -0.25) is 4.79 Å². The first kappa shape index (κ1) is 11.8. The van der Waals surface area contributed by atoms with Crippen LogP contribution in [0.2, 0.25) is 0 Å². The molecule has 1 rings (SSSR count). The van der Waals surface area contributed by atoms with Crippen LogP contribution in [0, 0.1) is 0 Å². The minimum atomic E-state index is -1.12. The van der Waals surface area contributed by atoms with Crippen molar-refractivity contribution in [2.45, 2.75) is 12.5 Å². The molecule has 5 N–H and O–H groups in total. The van der Waals surface area contributed by atoms with Gasteiger partial charge in [-0.15, -0.1) is 0 Å². The molecule has 6 heteroatoms. The van der Waals surface area contributed by atoms with Crippen LogP contribution >= 0.6 is 15.9 Å². The fraction of sp³-hybridized carbons (Fsp3) is 0.222. The number of hydrogen-bond acceptors (Lipinski definition) is 4. The maximum absolute atomic E-state index is 10.5. The molecule has 0 aliphatic heterocycles. The molecular weight excluding hydrogens is 266 g/mol. The molecule has 0 saturated heterocycles. The topological polar surface area (TPSA) is 104 Å². The summed E-state index contributed by atoms with van der Waals surface area (Å²) in [4.78, 5) is 10.5. The van der Waals surface area contributed by atoms with Gasteiger partial charge in [0.1, 0.15) is 6.04 Å². The van der Waals surface area contributed by atoms with Gasteiger partial charge in [0.15, 0.2) is 11.5 Å². The molecule has 0 amide bonds. The van der Waals surface area contributed by atoms with Crippen molar-refractivity contribution in [3.05, 3.63) is 22.2 Å². The number of phenols is 2. The van der Waals surface area contributed by atoms with Crippen molar-refractivity contribution in [1.82, 2.24) is 0 Å². The first-order valence-corrected chi connectivity index (χ1v) is 4.90. The molecule has 1 aromatic carbocycles. The molecular formula is C9H10BrNO4. The number of phenolic OH excluding ortho intramolecular Hbond substituents is 2. The third-order valence-electron chi connectivity index (χ3n) is 1.93. The van der Waals surface area contributed by atoms with Crippen molar-refractivity contribution in [3.63, 3.8) is 0 Å². The third kappa shape index (κ3) is 2.60. The second-order valence-electron chi connectivity index (χ2n) is 3.06. The summed E-state index contributed by atoms with van der Waals surface area (Å²) in [5.74, 6) is -1.70. The van der Waals surface area contributed by atoms with E-state index in [0.29, 0.717) is 5.56 Å². The highest BCUT2D eigenvalue weighted by Gasteiger charge is 2.16. The molecule has 5 nitrogen and oxygen atoms in total.